The van der Waals surface area contributed by atoms with E-state index in [1.165, 1.54) is 0 Å². The summed E-state index contributed by atoms with van der Waals surface area (Å²) in [7, 11) is 0. The highest BCUT2D eigenvalue weighted by atomic mass is 35.5. The van der Waals surface area contributed by atoms with Crippen molar-refractivity contribution >= 4 is 34.2 Å². The van der Waals surface area contributed by atoms with E-state index in [1.54, 1.807) is 4.68 Å². The summed E-state index contributed by atoms with van der Waals surface area (Å²) < 4.78 is 1.73. The van der Waals surface area contributed by atoms with E-state index in [0.29, 0.717) is 5.02 Å². The minimum absolute atomic E-state index is 0.697. The normalized spacial score (nSPS) is 12.0. The van der Waals surface area contributed by atoms with E-state index < -0.39 is 0 Å². The van der Waals surface area contributed by atoms with Gasteiger partial charge in [0.2, 0.25) is 0 Å². The number of halogens is 1. The Morgan fingerprint density at radius 3 is 2.63 bits per heavy atom. The maximum Gasteiger partial charge on any atom is 0.129 e. The first-order valence-corrected chi connectivity index (χ1v) is 6.23. The fourth-order valence-electron chi connectivity index (χ4n) is 1.86. The summed E-state index contributed by atoms with van der Waals surface area (Å²) in [4.78, 5) is 4.51. The van der Waals surface area contributed by atoms with Crippen LogP contribution in [-0.4, -0.2) is 20.8 Å². The summed E-state index contributed by atoms with van der Waals surface area (Å²) in [6, 6.07) is 15.1. The molecule has 0 bridgehead atoms. The molecule has 0 N–H and O–H groups in total. The molecule has 0 saturated heterocycles. The quantitative estimate of drug-likeness (QED) is 0.500. The van der Waals surface area contributed by atoms with Gasteiger partial charge in [-0.05, 0) is 43.3 Å². The van der Waals surface area contributed by atoms with Gasteiger partial charge in [-0.2, -0.15) is 4.68 Å². The fraction of sp³-hybridized carbons (Fsp3) is 0.0714. The van der Waals surface area contributed by atoms with Crippen LogP contribution in [0.1, 0.15) is 6.92 Å². The first kappa shape index (κ1) is 11.9. The van der Waals surface area contributed by atoms with Crippen molar-refractivity contribution in [3.05, 3.63) is 53.6 Å². The van der Waals surface area contributed by atoms with Crippen LogP contribution in [0.2, 0.25) is 5.02 Å². The summed E-state index contributed by atoms with van der Waals surface area (Å²) in [6.07, 6.45) is 0. The Balaban J connectivity index is 2.03. The fourth-order valence-corrected chi connectivity index (χ4v) is 1.98. The van der Waals surface area contributed by atoms with Gasteiger partial charge in [0.1, 0.15) is 11.4 Å². The van der Waals surface area contributed by atoms with Crippen LogP contribution in [-0.2, 0) is 0 Å². The highest BCUT2D eigenvalue weighted by molar-refractivity contribution is 6.30. The second-order valence-corrected chi connectivity index (χ2v) is 4.56. The molecule has 0 radical (unpaired) electrons. The van der Waals surface area contributed by atoms with Gasteiger partial charge in [0.25, 0.3) is 0 Å². The Hall–Kier alpha value is -2.20. The average Bonchev–Trinajstić information content (AvgIpc) is 2.85. The molecule has 0 unspecified atom stereocenters. The molecule has 3 rings (SSSR count). The van der Waals surface area contributed by atoms with Crippen molar-refractivity contribution in [3.8, 4) is 0 Å². The number of aliphatic imine (C=N–C) groups is 1. The van der Waals surface area contributed by atoms with Gasteiger partial charge in [-0.3, -0.25) is 0 Å². The molecule has 3 aromatic rings. The second kappa shape index (κ2) is 4.82. The van der Waals surface area contributed by atoms with Gasteiger partial charge < -0.3 is 0 Å². The monoisotopic (exact) mass is 270 g/mol. The van der Waals surface area contributed by atoms with Gasteiger partial charge in [-0.25, -0.2) is 4.99 Å². The van der Waals surface area contributed by atoms with Gasteiger partial charge in [0, 0.05) is 5.02 Å². The maximum absolute atomic E-state index is 5.85. The Kier molecular flexibility index (Phi) is 3.01. The number of hydrogen-bond acceptors (Lipinski definition) is 3. The molecule has 0 spiro atoms. The molecule has 19 heavy (non-hydrogen) atoms. The highest BCUT2D eigenvalue weighted by Crippen LogP contribution is 2.17. The summed E-state index contributed by atoms with van der Waals surface area (Å²) in [5.41, 5.74) is 2.63. The topological polar surface area (TPSA) is 43.1 Å². The van der Waals surface area contributed by atoms with Crippen LogP contribution in [0.3, 0.4) is 0 Å². The molecular formula is C14H11ClN4. The second-order valence-electron chi connectivity index (χ2n) is 4.13. The van der Waals surface area contributed by atoms with Crippen molar-refractivity contribution in [3.63, 3.8) is 0 Å². The number of para-hydroxylation sites is 1. The minimum atomic E-state index is 0.697. The van der Waals surface area contributed by atoms with Crippen LogP contribution in [0.5, 0.6) is 0 Å². The first-order chi connectivity index (χ1) is 9.24. The molecule has 94 valence electrons. The van der Waals surface area contributed by atoms with E-state index in [-0.39, 0.29) is 0 Å². The lowest BCUT2D eigenvalue weighted by molar-refractivity contribution is 0.857. The number of nitrogens with zero attached hydrogens (tertiary/aromatic N) is 4. The van der Waals surface area contributed by atoms with E-state index in [2.05, 4.69) is 15.3 Å². The first-order valence-electron chi connectivity index (χ1n) is 5.86. The Morgan fingerprint density at radius 2 is 1.84 bits per heavy atom. The Labute approximate surface area is 115 Å². The van der Waals surface area contributed by atoms with Gasteiger partial charge in [-0.1, -0.05) is 28.9 Å². The molecule has 2 aromatic carbocycles. The molecule has 5 heteroatoms. The van der Waals surface area contributed by atoms with Crippen LogP contribution >= 0.6 is 11.6 Å². The lowest BCUT2D eigenvalue weighted by Crippen LogP contribution is -2.08. The van der Waals surface area contributed by atoms with Gasteiger partial charge in [-0.15, -0.1) is 5.10 Å². The molecule has 1 aromatic heterocycles. The number of fused-ring (bicyclic) bond motifs is 1. The molecule has 0 aliphatic rings. The average molecular weight is 271 g/mol. The summed E-state index contributed by atoms with van der Waals surface area (Å²) in [5, 5.41) is 8.92. The van der Waals surface area contributed by atoms with Gasteiger partial charge in [0.15, 0.2) is 0 Å². The third-order valence-corrected chi connectivity index (χ3v) is 3.03. The predicted octanol–water partition coefficient (Wildman–Crippen LogP) is 3.68. The number of aromatic nitrogens is 3. The standard InChI is InChI=1S/C14H11ClN4/c1-10(16-12-8-6-11(15)7-9-12)19-14-5-3-2-4-13(14)17-18-19/h2-9H,1H3/b16-10+. The third-order valence-electron chi connectivity index (χ3n) is 2.78. The summed E-state index contributed by atoms with van der Waals surface area (Å²) in [5.74, 6) is 0.760. The van der Waals surface area contributed by atoms with Gasteiger partial charge in [0.05, 0.1) is 11.2 Å². The van der Waals surface area contributed by atoms with Gasteiger partial charge >= 0.3 is 0 Å². The molecule has 1 heterocycles. The van der Waals surface area contributed by atoms with Crippen molar-refractivity contribution in [1.82, 2.24) is 15.0 Å². The zero-order chi connectivity index (χ0) is 13.2. The van der Waals surface area contributed by atoms with E-state index in [0.717, 1.165) is 22.6 Å². The van der Waals surface area contributed by atoms with Crippen LogP contribution < -0.4 is 0 Å². The van der Waals surface area contributed by atoms with E-state index in [4.69, 9.17) is 11.6 Å². The van der Waals surface area contributed by atoms with Crippen molar-refractivity contribution < 1.29 is 0 Å². The zero-order valence-electron chi connectivity index (χ0n) is 10.3. The smallest absolute Gasteiger partial charge is 0.129 e. The molecule has 0 saturated carbocycles. The van der Waals surface area contributed by atoms with E-state index in [9.17, 15) is 0 Å². The Bertz CT molecular complexity index is 743. The van der Waals surface area contributed by atoms with Crippen molar-refractivity contribution in [2.45, 2.75) is 6.92 Å². The molecule has 0 fully saturated rings. The number of rotatable bonds is 1. The van der Waals surface area contributed by atoms with Crippen LogP contribution in [0.4, 0.5) is 5.69 Å². The highest BCUT2D eigenvalue weighted by Gasteiger charge is 2.05. The lowest BCUT2D eigenvalue weighted by Gasteiger charge is -2.01. The number of benzene rings is 2. The number of hydrogen-bond donors (Lipinski definition) is 0. The molecule has 0 aliphatic heterocycles. The summed E-state index contributed by atoms with van der Waals surface area (Å²) in [6.45, 7) is 1.90. The zero-order valence-corrected chi connectivity index (χ0v) is 11.0. The maximum atomic E-state index is 5.85. The van der Waals surface area contributed by atoms with E-state index >= 15 is 0 Å². The van der Waals surface area contributed by atoms with Crippen molar-refractivity contribution in [1.29, 1.82) is 0 Å². The molecule has 0 atom stereocenters. The van der Waals surface area contributed by atoms with Crippen LogP contribution in [0, 0.1) is 0 Å². The van der Waals surface area contributed by atoms with Crippen LogP contribution in [0.25, 0.3) is 11.0 Å². The predicted molar refractivity (Wildman–Crippen MR) is 77.1 cm³/mol. The van der Waals surface area contributed by atoms with E-state index in [1.807, 2.05) is 55.5 Å². The lowest BCUT2D eigenvalue weighted by atomic mass is 10.3. The Morgan fingerprint density at radius 1 is 1.11 bits per heavy atom. The van der Waals surface area contributed by atoms with Crippen molar-refractivity contribution in [2.75, 3.05) is 0 Å². The SMILES string of the molecule is C/C(=N\c1ccc(Cl)cc1)n1nnc2ccccc21. The third kappa shape index (κ3) is 2.35. The largest absolute Gasteiger partial charge is 0.234 e. The molecule has 4 nitrogen and oxygen atoms in total. The van der Waals surface area contributed by atoms with Crippen LogP contribution in [0.15, 0.2) is 53.5 Å². The summed E-state index contributed by atoms with van der Waals surface area (Å²) >= 11 is 5.85. The van der Waals surface area contributed by atoms with Crippen molar-refractivity contribution in [2.24, 2.45) is 4.99 Å². The molecule has 0 aliphatic carbocycles. The molecule has 0 amide bonds. The molecular weight excluding hydrogens is 260 g/mol. The minimum Gasteiger partial charge on any atom is -0.234 e.